The van der Waals surface area contributed by atoms with Gasteiger partial charge in [-0.1, -0.05) is 6.07 Å². The normalized spacial score (nSPS) is 17.7. The van der Waals surface area contributed by atoms with Crippen molar-refractivity contribution >= 4 is 15.9 Å². The summed E-state index contributed by atoms with van der Waals surface area (Å²) in [6.07, 6.45) is 8.27. The Kier molecular flexibility index (Phi) is 6.18. The fourth-order valence-corrected chi connectivity index (χ4v) is 4.30. The molecule has 1 N–H and O–H groups in total. The summed E-state index contributed by atoms with van der Waals surface area (Å²) in [6.45, 7) is 2.96. The maximum Gasteiger partial charge on any atom is 0.254 e. The van der Waals surface area contributed by atoms with Crippen LogP contribution in [0.1, 0.15) is 42.2 Å². The van der Waals surface area contributed by atoms with E-state index in [-0.39, 0.29) is 23.4 Å². The minimum absolute atomic E-state index is 0.0946. The Morgan fingerprint density at radius 2 is 2.15 bits per heavy atom. The molecule has 0 saturated carbocycles. The number of carbonyl (C=O) groups excluding carboxylic acids is 1. The largest absolute Gasteiger partial charge is 0.336 e. The van der Waals surface area contributed by atoms with Gasteiger partial charge in [-0.2, -0.15) is 0 Å². The number of sulfonamides is 1. The number of aromatic nitrogens is 2. The maximum absolute atomic E-state index is 12.8. The number of hydrogen-bond donors (Lipinski definition) is 1. The van der Waals surface area contributed by atoms with E-state index < -0.39 is 10.0 Å². The number of carbonyl (C=O) groups is 1. The Bertz CT molecular complexity index is 887. The molecule has 1 aromatic heterocycles. The van der Waals surface area contributed by atoms with Crippen molar-refractivity contribution in [2.45, 2.75) is 43.5 Å². The molecule has 2 heterocycles. The van der Waals surface area contributed by atoms with Crippen LogP contribution in [0.4, 0.5) is 0 Å². The van der Waals surface area contributed by atoms with Crippen LogP contribution in [-0.2, 0) is 16.4 Å². The number of rotatable bonds is 6. The van der Waals surface area contributed by atoms with Gasteiger partial charge in [-0.25, -0.2) is 13.1 Å². The summed E-state index contributed by atoms with van der Waals surface area (Å²) in [5, 5.41) is 0. The lowest BCUT2D eigenvalue weighted by Crippen LogP contribution is -2.42. The topological polar surface area (TPSA) is 92.3 Å². The highest BCUT2D eigenvalue weighted by Crippen LogP contribution is 2.20. The van der Waals surface area contributed by atoms with Crippen molar-refractivity contribution in [2.24, 2.45) is 0 Å². The predicted molar refractivity (Wildman–Crippen MR) is 102 cm³/mol. The second-order valence-electron chi connectivity index (χ2n) is 6.72. The highest BCUT2D eigenvalue weighted by atomic mass is 32.2. The zero-order chi connectivity index (χ0) is 19.3. The third-order valence-corrected chi connectivity index (χ3v) is 6.20. The number of likely N-dealkylation sites (tertiary alicyclic amines) is 1. The van der Waals surface area contributed by atoms with E-state index >= 15 is 0 Å². The molecule has 144 valence electrons. The van der Waals surface area contributed by atoms with Gasteiger partial charge in [0.2, 0.25) is 10.0 Å². The molecular weight excluding hydrogens is 364 g/mol. The van der Waals surface area contributed by atoms with Gasteiger partial charge in [-0.15, -0.1) is 0 Å². The second kappa shape index (κ2) is 8.58. The van der Waals surface area contributed by atoms with E-state index in [1.807, 2.05) is 11.8 Å². The molecule has 2 aromatic rings. The van der Waals surface area contributed by atoms with E-state index in [0.717, 1.165) is 19.3 Å². The zero-order valence-electron chi connectivity index (χ0n) is 15.3. The Morgan fingerprint density at radius 1 is 1.30 bits per heavy atom. The predicted octanol–water partition coefficient (Wildman–Crippen LogP) is 2.01. The number of hydrogen-bond acceptors (Lipinski definition) is 5. The zero-order valence-corrected chi connectivity index (χ0v) is 16.2. The van der Waals surface area contributed by atoms with E-state index in [4.69, 9.17) is 0 Å². The molecule has 0 spiro atoms. The van der Waals surface area contributed by atoms with Crippen molar-refractivity contribution in [3.8, 4) is 0 Å². The van der Waals surface area contributed by atoms with E-state index in [2.05, 4.69) is 14.7 Å². The molecule has 1 atom stereocenters. The van der Waals surface area contributed by atoms with E-state index in [1.165, 1.54) is 12.1 Å². The first-order valence-electron chi connectivity index (χ1n) is 9.13. The highest BCUT2D eigenvalue weighted by molar-refractivity contribution is 7.89. The molecule has 1 amide bonds. The average molecular weight is 388 g/mol. The number of nitrogens with one attached hydrogen (secondary N) is 1. The molecule has 1 aromatic carbocycles. The lowest BCUT2D eigenvalue weighted by molar-refractivity contribution is 0.0635. The summed E-state index contributed by atoms with van der Waals surface area (Å²) >= 11 is 0. The van der Waals surface area contributed by atoms with Crippen molar-refractivity contribution in [3.05, 3.63) is 54.1 Å². The molecule has 1 aliphatic heterocycles. The fraction of sp³-hybridized carbons (Fsp3) is 0.421. The fourth-order valence-electron chi connectivity index (χ4n) is 3.22. The summed E-state index contributed by atoms with van der Waals surface area (Å²) < 4.78 is 27.7. The molecule has 8 heteroatoms. The summed E-state index contributed by atoms with van der Waals surface area (Å²) in [5.41, 5.74) is 1.11. The van der Waals surface area contributed by atoms with Gasteiger partial charge in [0.15, 0.2) is 0 Å². The van der Waals surface area contributed by atoms with Crippen molar-refractivity contribution in [1.29, 1.82) is 0 Å². The third-order valence-electron chi connectivity index (χ3n) is 4.74. The van der Waals surface area contributed by atoms with Crippen molar-refractivity contribution < 1.29 is 13.2 Å². The van der Waals surface area contributed by atoms with Crippen LogP contribution in [-0.4, -0.2) is 48.3 Å². The Morgan fingerprint density at radius 3 is 2.89 bits per heavy atom. The summed E-state index contributed by atoms with van der Waals surface area (Å²) in [7, 11) is -3.70. The van der Waals surface area contributed by atoms with Gasteiger partial charge in [0.05, 0.1) is 10.6 Å². The minimum Gasteiger partial charge on any atom is -0.336 e. The smallest absolute Gasteiger partial charge is 0.254 e. The first-order chi connectivity index (χ1) is 13.0. The van der Waals surface area contributed by atoms with Crippen LogP contribution in [0.15, 0.2) is 47.8 Å². The average Bonchev–Trinajstić information content (AvgIpc) is 2.69. The van der Waals surface area contributed by atoms with Crippen LogP contribution >= 0.6 is 0 Å². The van der Waals surface area contributed by atoms with Crippen LogP contribution in [0.3, 0.4) is 0 Å². The van der Waals surface area contributed by atoms with Crippen LogP contribution in [0, 0.1) is 0 Å². The van der Waals surface area contributed by atoms with E-state index in [0.29, 0.717) is 24.2 Å². The molecule has 27 heavy (non-hydrogen) atoms. The van der Waals surface area contributed by atoms with E-state index in [9.17, 15) is 13.2 Å². The SMILES string of the molecule is CC1CCCCN1C(=O)c1cccc(S(=O)(=O)NCCc2cnccn2)c1. The minimum atomic E-state index is -3.70. The Labute approximate surface area is 159 Å². The Balaban J connectivity index is 1.69. The van der Waals surface area contributed by atoms with Gasteiger partial charge >= 0.3 is 0 Å². The quantitative estimate of drug-likeness (QED) is 0.817. The number of nitrogens with zero attached hydrogens (tertiary/aromatic N) is 3. The molecule has 1 saturated heterocycles. The number of amides is 1. The van der Waals surface area contributed by atoms with Crippen LogP contribution < -0.4 is 4.72 Å². The number of benzene rings is 1. The molecular formula is C19H24N4O3S. The van der Waals surface area contributed by atoms with Crippen LogP contribution in [0.5, 0.6) is 0 Å². The second-order valence-corrected chi connectivity index (χ2v) is 8.48. The molecule has 7 nitrogen and oxygen atoms in total. The lowest BCUT2D eigenvalue weighted by Gasteiger charge is -2.33. The number of piperidine rings is 1. The molecule has 1 fully saturated rings. The lowest BCUT2D eigenvalue weighted by atomic mass is 10.0. The van der Waals surface area contributed by atoms with Crippen LogP contribution in [0.2, 0.25) is 0 Å². The first-order valence-corrected chi connectivity index (χ1v) is 10.6. The Hall–Kier alpha value is -2.32. The summed E-state index contributed by atoms with van der Waals surface area (Å²) in [4.78, 5) is 22.8. The maximum atomic E-state index is 12.8. The van der Waals surface area contributed by atoms with Crippen LogP contribution in [0.25, 0.3) is 0 Å². The summed E-state index contributed by atoms with van der Waals surface area (Å²) in [5.74, 6) is -0.112. The van der Waals surface area contributed by atoms with Gasteiger partial charge < -0.3 is 4.90 Å². The molecule has 0 radical (unpaired) electrons. The highest BCUT2D eigenvalue weighted by Gasteiger charge is 2.25. The van der Waals surface area contributed by atoms with Gasteiger partial charge in [-0.05, 0) is 44.4 Å². The summed E-state index contributed by atoms with van der Waals surface area (Å²) in [6, 6.07) is 6.41. The molecule has 0 aliphatic carbocycles. The van der Waals surface area contributed by atoms with Gasteiger partial charge in [0, 0.05) is 49.7 Å². The van der Waals surface area contributed by atoms with E-state index in [1.54, 1.807) is 30.7 Å². The van der Waals surface area contributed by atoms with Gasteiger partial charge in [0.25, 0.3) is 5.91 Å². The first kappa shape index (κ1) is 19.4. The van der Waals surface area contributed by atoms with Crippen molar-refractivity contribution in [2.75, 3.05) is 13.1 Å². The third kappa shape index (κ3) is 4.90. The molecule has 1 aliphatic rings. The molecule has 3 rings (SSSR count). The molecule has 1 unspecified atom stereocenters. The van der Waals surface area contributed by atoms with Gasteiger partial charge in [-0.3, -0.25) is 14.8 Å². The van der Waals surface area contributed by atoms with Crippen molar-refractivity contribution in [1.82, 2.24) is 19.6 Å². The monoisotopic (exact) mass is 388 g/mol. The van der Waals surface area contributed by atoms with Crippen molar-refractivity contribution in [3.63, 3.8) is 0 Å². The van der Waals surface area contributed by atoms with Gasteiger partial charge in [0.1, 0.15) is 0 Å². The molecule has 0 bridgehead atoms. The standard InChI is InChI=1S/C19H24N4O3S/c1-15-5-2-3-12-23(15)19(24)16-6-4-7-18(13-16)27(25,26)22-9-8-17-14-20-10-11-21-17/h4,6-7,10-11,13-15,22H,2-3,5,8-9,12H2,1H3.